The van der Waals surface area contributed by atoms with Crippen molar-refractivity contribution in [3.8, 4) is 0 Å². The molecular formula is C11H23O4PS. The fourth-order valence-electron chi connectivity index (χ4n) is 1.62. The summed E-state index contributed by atoms with van der Waals surface area (Å²) in [6, 6.07) is 0. The SMILES string of the molecule is CC(=O)SCCCP(=O)(CCCO)CCCO. The van der Waals surface area contributed by atoms with Gasteiger partial charge in [-0.05, 0) is 19.3 Å². The summed E-state index contributed by atoms with van der Waals surface area (Å²) in [5.74, 6) is 0.706. The summed E-state index contributed by atoms with van der Waals surface area (Å²) in [6.07, 6.45) is 3.60. The van der Waals surface area contributed by atoms with Gasteiger partial charge in [0, 0.05) is 44.4 Å². The smallest absolute Gasteiger partial charge is 0.185 e. The molecule has 0 saturated heterocycles. The van der Waals surface area contributed by atoms with E-state index in [1.807, 2.05) is 0 Å². The van der Waals surface area contributed by atoms with Crippen molar-refractivity contribution in [2.24, 2.45) is 0 Å². The van der Waals surface area contributed by atoms with E-state index < -0.39 is 7.14 Å². The Kier molecular flexibility index (Phi) is 10.2. The second kappa shape index (κ2) is 10.1. The topological polar surface area (TPSA) is 74.6 Å². The highest BCUT2D eigenvalue weighted by molar-refractivity contribution is 8.13. The minimum absolute atomic E-state index is 0.0608. The van der Waals surface area contributed by atoms with E-state index in [1.54, 1.807) is 0 Å². The van der Waals surface area contributed by atoms with Crippen LogP contribution in [0, 0.1) is 0 Å². The molecule has 0 bridgehead atoms. The Morgan fingerprint density at radius 1 is 1.06 bits per heavy atom. The first kappa shape index (κ1) is 17.2. The molecule has 0 aromatic rings. The van der Waals surface area contributed by atoms with Crippen LogP contribution in [-0.4, -0.2) is 52.8 Å². The molecule has 0 saturated carbocycles. The van der Waals surface area contributed by atoms with Crippen LogP contribution in [0.1, 0.15) is 26.2 Å². The molecule has 4 nitrogen and oxygen atoms in total. The molecule has 0 radical (unpaired) electrons. The van der Waals surface area contributed by atoms with Gasteiger partial charge in [-0.15, -0.1) is 0 Å². The molecule has 0 aliphatic carbocycles. The molecule has 0 amide bonds. The molecule has 102 valence electrons. The lowest BCUT2D eigenvalue weighted by Gasteiger charge is -2.17. The van der Waals surface area contributed by atoms with Crippen molar-refractivity contribution in [1.29, 1.82) is 0 Å². The van der Waals surface area contributed by atoms with E-state index in [1.165, 1.54) is 18.7 Å². The van der Waals surface area contributed by atoms with Crippen LogP contribution < -0.4 is 0 Å². The van der Waals surface area contributed by atoms with Gasteiger partial charge in [0.25, 0.3) is 0 Å². The lowest BCUT2D eigenvalue weighted by molar-refractivity contribution is -0.109. The number of hydrogen-bond donors (Lipinski definition) is 2. The summed E-state index contributed by atoms with van der Waals surface area (Å²) in [7, 11) is -2.26. The highest BCUT2D eigenvalue weighted by Crippen LogP contribution is 2.47. The number of thioether (sulfide) groups is 1. The fourth-order valence-corrected chi connectivity index (χ4v) is 5.25. The van der Waals surface area contributed by atoms with Gasteiger partial charge in [-0.1, -0.05) is 11.8 Å². The number of carbonyl (C=O) groups is 1. The third-order valence-corrected chi connectivity index (χ3v) is 6.76. The van der Waals surface area contributed by atoms with Gasteiger partial charge in [-0.2, -0.15) is 0 Å². The number of aliphatic hydroxyl groups excluding tert-OH is 2. The van der Waals surface area contributed by atoms with Gasteiger partial charge in [0.05, 0.1) is 7.14 Å². The Hall–Kier alpha value is 0.170. The van der Waals surface area contributed by atoms with Crippen LogP contribution in [-0.2, 0) is 9.36 Å². The molecule has 0 spiro atoms. The van der Waals surface area contributed by atoms with Crippen LogP contribution in [0.5, 0.6) is 0 Å². The van der Waals surface area contributed by atoms with E-state index >= 15 is 0 Å². The Labute approximate surface area is 108 Å². The van der Waals surface area contributed by atoms with Crippen molar-refractivity contribution in [2.75, 3.05) is 37.5 Å². The summed E-state index contributed by atoms with van der Waals surface area (Å²) in [5, 5.41) is 17.6. The molecule has 0 rings (SSSR count). The van der Waals surface area contributed by atoms with Crippen molar-refractivity contribution in [2.45, 2.75) is 26.2 Å². The maximum absolute atomic E-state index is 12.5. The number of aliphatic hydroxyl groups is 2. The summed E-state index contributed by atoms with van der Waals surface area (Å²) < 4.78 is 12.5. The zero-order chi connectivity index (χ0) is 13.1. The zero-order valence-corrected chi connectivity index (χ0v) is 12.1. The third-order valence-electron chi connectivity index (χ3n) is 2.46. The van der Waals surface area contributed by atoms with E-state index in [0.717, 1.165) is 6.42 Å². The van der Waals surface area contributed by atoms with Crippen LogP contribution >= 0.6 is 18.9 Å². The first-order valence-electron chi connectivity index (χ1n) is 5.96. The van der Waals surface area contributed by atoms with Gasteiger partial charge in [-0.3, -0.25) is 4.79 Å². The predicted octanol–water partition coefficient (Wildman–Crippen LogP) is 1.78. The van der Waals surface area contributed by atoms with Crippen LogP contribution in [0.4, 0.5) is 0 Å². The lowest BCUT2D eigenvalue weighted by atomic mass is 10.5. The predicted molar refractivity (Wildman–Crippen MR) is 73.4 cm³/mol. The van der Waals surface area contributed by atoms with Gasteiger partial charge in [0.2, 0.25) is 0 Å². The quantitative estimate of drug-likeness (QED) is 0.472. The molecular weight excluding hydrogens is 259 g/mol. The summed E-state index contributed by atoms with van der Waals surface area (Å²) in [6.45, 7) is 1.65. The monoisotopic (exact) mass is 282 g/mol. The first-order chi connectivity index (χ1) is 8.04. The lowest BCUT2D eigenvalue weighted by Crippen LogP contribution is -2.05. The Bertz CT molecular complexity index is 246. The van der Waals surface area contributed by atoms with Crippen molar-refractivity contribution in [3.05, 3.63) is 0 Å². The molecule has 0 heterocycles. The molecule has 0 aromatic heterocycles. The molecule has 0 aliphatic heterocycles. The molecule has 0 fully saturated rings. The molecule has 6 heteroatoms. The van der Waals surface area contributed by atoms with Crippen molar-refractivity contribution >= 4 is 24.0 Å². The largest absolute Gasteiger partial charge is 0.396 e. The molecule has 0 atom stereocenters. The van der Waals surface area contributed by atoms with Gasteiger partial charge in [-0.25, -0.2) is 0 Å². The van der Waals surface area contributed by atoms with E-state index in [4.69, 9.17) is 10.2 Å². The van der Waals surface area contributed by atoms with Crippen molar-refractivity contribution < 1.29 is 19.6 Å². The molecule has 17 heavy (non-hydrogen) atoms. The number of carbonyl (C=O) groups excluding carboxylic acids is 1. The maximum Gasteiger partial charge on any atom is 0.185 e. The van der Waals surface area contributed by atoms with E-state index in [9.17, 15) is 9.36 Å². The standard InChI is InChI=1S/C11H23O4PS/c1-11(14)17-10-4-9-16(15,7-2-5-12)8-3-6-13/h12-13H,2-10H2,1H3. The fraction of sp³-hybridized carbons (Fsp3) is 0.909. The van der Waals surface area contributed by atoms with Gasteiger partial charge in [0.15, 0.2) is 5.12 Å². The molecule has 2 N–H and O–H groups in total. The van der Waals surface area contributed by atoms with E-state index in [-0.39, 0.29) is 18.3 Å². The third kappa shape index (κ3) is 9.83. The van der Waals surface area contributed by atoms with Gasteiger partial charge < -0.3 is 14.8 Å². The van der Waals surface area contributed by atoms with Crippen LogP contribution in [0.15, 0.2) is 0 Å². The van der Waals surface area contributed by atoms with Gasteiger partial charge in [0.1, 0.15) is 0 Å². The molecule has 0 aromatic carbocycles. The number of rotatable bonds is 10. The minimum atomic E-state index is -2.26. The van der Waals surface area contributed by atoms with Crippen molar-refractivity contribution in [3.63, 3.8) is 0 Å². The van der Waals surface area contributed by atoms with E-state index in [0.29, 0.717) is 37.1 Å². The van der Waals surface area contributed by atoms with Gasteiger partial charge >= 0.3 is 0 Å². The van der Waals surface area contributed by atoms with Crippen LogP contribution in [0.2, 0.25) is 0 Å². The average molecular weight is 282 g/mol. The zero-order valence-electron chi connectivity index (χ0n) is 10.4. The molecule has 0 unspecified atom stereocenters. The highest BCUT2D eigenvalue weighted by Gasteiger charge is 2.20. The summed E-state index contributed by atoms with van der Waals surface area (Å²) in [4.78, 5) is 10.7. The highest BCUT2D eigenvalue weighted by atomic mass is 32.2. The average Bonchev–Trinajstić information content (AvgIpc) is 2.30. The van der Waals surface area contributed by atoms with Crippen LogP contribution in [0.3, 0.4) is 0 Å². The first-order valence-corrected chi connectivity index (χ1v) is 9.21. The second-order valence-corrected chi connectivity index (χ2v) is 8.81. The Morgan fingerprint density at radius 2 is 1.53 bits per heavy atom. The van der Waals surface area contributed by atoms with E-state index in [2.05, 4.69) is 0 Å². The number of hydrogen-bond acceptors (Lipinski definition) is 5. The second-order valence-electron chi connectivity index (χ2n) is 4.08. The summed E-state index contributed by atoms with van der Waals surface area (Å²) >= 11 is 1.26. The Balaban J connectivity index is 3.99. The van der Waals surface area contributed by atoms with Crippen molar-refractivity contribution in [1.82, 2.24) is 0 Å². The molecule has 0 aliphatic rings. The Morgan fingerprint density at radius 3 is 1.94 bits per heavy atom. The maximum atomic E-state index is 12.5. The summed E-state index contributed by atoms with van der Waals surface area (Å²) in [5.41, 5.74) is 0. The minimum Gasteiger partial charge on any atom is -0.396 e. The van der Waals surface area contributed by atoms with Crippen LogP contribution in [0.25, 0.3) is 0 Å². The normalized spacial score (nSPS) is 11.7.